The molecule has 1 aromatic carbocycles. The van der Waals surface area contributed by atoms with Crippen molar-refractivity contribution in [3.63, 3.8) is 0 Å². The molecule has 1 rings (SSSR count). The number of carbonyl (C=O) groups is 3. The maximum absolute atomic E-state index is 12.1. The number of aliphatic carboxylic acids is 1. The Kier molecular flexibility index (Phi) is 7.79. The highest BCUT2D eigenvalue weighted by atomic mass is 16.4. The summed E-state index contributed by atoms with van der Waals surface area (Å²) in [6.45, 7) is -1.43. The maximum Gasteiger partial charge on any atom is 0.326 e. The molecule has 0 bridgehead atoms. The van der Waals surface area contributed by atoms with Gasteiger partial charge in [0.05, 0.1) is 13.2 Å². The van der Waals surface area contributed by atoms with Gasteiger partial charge in [-0.2, -0.15) is 0 Å². The summed E-state index contributed by atoms with van der Waals surface area (Å²) in [4.78, 5) is 35.0. The summed E-state index contributed by atoms with van der Waals surface area (Å²) in [6.07, 6.45) is -0.0659. The summed E-state index contributed by atoms with van der Waals surface area (Å²) in [5.74, 6) is -3.06. The first kappa shape index (κ1) is 20.4. The Morgan fingerprint density at radius 3 is 2.00 bits per heavy atom. The van der Waals surface area contributed by atoms with Crippen molar-refractivity contribution in [2.75, 3.05) is 13.2 Å². The third-order valence-corrected chi connectivity index (χ3v) is 3.34. The number of nitrogens with two attached hydrogens (primary N) is 1. The molecule has 8 N–H and O–H groups in total. The van der Waals surface area contributed by atoms with Crippen molar-refractivity contribution in [2.45, 2.75) is 24.5 Å². The Bertz CT molecular complexity index is 606. The van der Waals surface area contributed by atoms with Gasteiger partial charge in [0, 0.05) is 6.42 Å². The zero-order valence-corrected chi connectivity index (χ0v) is 13.3. The van der Waals surface area contributed by atoms with Gasteiger partial charge in [0.1, 0.15) is 23.9 Å². The Morgan fingerprint density at radius 1 is 0.960 bits per heavy atom. The molecule has 0 spiro atoms. The Labute approximate surface area is 143 Å². The van der Waals surface area contributed by atoms with E-state index in [1.54, 1.807) is 0 Å². The second kappa shape index (κ2) is 9.57. The number of nitrogens with one attached hydrogen (secondary N) is 2. The first-order valence-electron chi connectivity index (χ1n) is 7.37. The van der Waals surface area contributed by atoms with Gasteiger partial charge in [0.25, 0.3) is 0 Å². The van der Waals surface area contributed by atoms with Crippen molar-refractivity contribution >= 4 is 17.8 Å². The minimum absolute atomic E-state index is 0.0166. The van der Waals surface area contributed by atoms with E-state index >= 15 is 0 Å². The molecule has 10 heteroatoms. The third kappa shape index (κ3) is 6.37. The van der Waals surface area contributed by atoms with E-state index in [1.807, 2.05) is 0 Å². The standard InChI is InChI=1S/C15H21N3O7/c16-10(6-19)13(22)18-12(7-20)14(23)17-11(15(24)25)5-8-1-3-9(21)4-2-8/h1-4,10-12,19-21H,5-7,16H2,(H,17,23)(H,18,22)(H,24,25). The SMILES string of the molecule is NC(CO)C(=O)NC(CO)C(=O)NC(Cc1ccc(O)cc1)C(=O)O. The molecule has 0 heterocycles. The highest BCUT2D eigenvalue weighted by molar-refractivity contribution is 5.91. The number of aliphatic hydroxyl groups is 2. The third-order valence-electron chi connectivity index (χ3n) is 3.34. The molecule has 25 heavy (non-hydrogen) atoms. The van der Waals surface area contributed by atoms with Gasteiger partial charge in [0.15, 0.2) is 0 Å². The molecule has 3 unspecified atom stereocenters. The number of phenolic OH excluding ortho intramolecular Hbond substituents is 1. The lowest BCUT2D eigenvalue weighted by Gasteiger charge is -2.21. The molecule has 3 atom stereocenters. The molecule has 1 aromatic rings. The molecule has 0 aliphatic heterocycles. The van der Waals surface area contributed by atoms with Crippen LogP contribution < -0.4 is 16.4 Å². The minimum atomic E-state index is -1.41. The number of carboxylic acid groups (broad SMARTS) is 1. The number of benzene rings is 1. The molecule has 0 saturated heterocycles. The number of hydrogen-bond donors (Lipinski definition) is 7. The second-order valence-electron chi connectivity index (χ2n) is 5.30. The summed E-state index contributed by atoms with van der Waals surface area (Å²) in [6, 6.07) is 1.77. The van der Waals surface area contributed by atoms with Crippen LogP contribution in [0.1, 0.15) is 5.56 Å². The van der Waals surface area contributed by atoms with Crippen LogP contribution in [-0.2, 0) is 20.8 Å². The molecule has 2 amide bonds. The van der Waals surface area contributed by atoms with E-state index in [-0.39, 0.29) is 12.2 Å². The Morgan fingerprint density at radius 2 is 1.52 bits per heavy atom. The van der Waals surface area contributed by atoms with Crippen LogP contribution in [0.2, 0.25) is 0 Å². The largest absolute Gasteiger partial charge is 0.508 e. The first-order chi connectivity index (χ1) is 11.8. The van der Waals surface area contributed by atoms with Crippen molar-refractivity contribution in [1.29, 1.82) is 0 Å². The predicted octanol–water partition coefficient (Wildman–Crippen LogP) is -2.70. The van der Waals surface area contributed by atoms with Gasteiger partial charge in [-0.25, -0.2) is 4.79 Å². The average molecular weight is 355 g/mol. The summed E-state index contributed by atoms with van der Waals surface area (Å²) in [7, 11) is 0. The van der Waals surface area contributed by atoms with Gasteiger partial charge in [-0.1, -0.05) is 12.1 Å². The number of phenols is 1. The average Bonchev–Trinajstić information content (AvgIpc) is 2.59. The molecule has 0 aliphatic carbocycles. The minimum Gasteiger partial charge on any atom is -0.508 e. The lowest BCUT2D eigenvalue weighted by Crippen LogP contribution is -2.56. The molecular weight excluding hydrogens is 334 g/mol. The van der Waals surface area contributed by atoms with Crippen LogP contribution in [0.15, 0.2) is 24.3 Å². The van der Waals surface area contributed by atoms with E-state index in [4.69, 9.17) is 10.8 Å². The van der Waals surface area contributed by atoms with E-state index in [9.17, 15) is 29.7 Å². The predicted molar refractivity (Wildman–Crippen MR) is 85.5 cm³/mol. The van der Waals surface area contributed by atoms with E-state index in [0.29, 0.717) is 5.56 Å². The van der Waals surface area contributed by atoms with E-state index < -0.39 is 49.1 Å². The van der Waals surface area contributed by atoms with Gasteiger partial charge in [-0.05, 0) is 17.7 Å². The topological polar surface area (TPSA) is 182 Å². The zero-order valence-electron chi connectivity index (χ0n) is 13.3. The molecule has 138 valence electrons. The van der Waals surface area contributed by atoms with Crippen LogP contribution >= 0.6 is 0 Å². The molecule has 0 fully saturated rings. The van der Waals surface area contributed by atoms with E-state index in [1.165, 1.54) is 24.3 Å². The van der Waals surface area contributed by atoms with Crippen LogP contribution in [0.25, 0.3) is 0 Å². The number of aromatic hydroxyl groups is 1. The fourth-order valence-corrected chi connectivity index (χ4v) is 1.90. The smallest absolute Gasteiger partial charge is 0.326 e. The van der Waals surface area contributed by atoms with Crippen molar-refractivity contribution in [3.05, 3.63) is 29.8 Å². The summed E-state index contributed by atoms with van der Waals surface area (Å²) in [5, 5.41) is 40.8. The van der Waals surface area contributed by atoms with Gasteiger partial charge < -0.3 is 36.8 Å². The van der Waals surface area contributed by atoms with Crippen LogP contribution in [-0.4, -0.2) is 69.5 Å². The fraction of sp³-hybridized carbons (Fsp3) is 0.400. The number of hydrogen-bond acceptors (Lipinski definition) is 7. The molecular formula is C15H21N3O7. The maximum atomic E-state index is 12.1. The second-order valence-corrected chi connectivity index (χ2v) is 5.30. The highest BCUT2D eigenvalue weighted by Crippen LogP contribution is 2.11. The van der Waals surface area contributed by atoms with Gasteiger partial charge in [-0.15, -0.1) is 0 Å². The number of rotatable bonds is 9. The lowest BCUT2D eigenvalue weighted by atomic mass is 10.1. The molecule has 0 radical (unpaired) electrons. The summed E-state index contributed by atoms with van der Waals surface area (Å²) >= 11 is 0. The number of carbonyl (C=O) groups excluding carboxylic acids is 2. The number of aliphatic hydroxyl groups excluding tert-OH is 2. The number of carboxylic acids is 1. The fourth-order valence-electron chi connectivity index (χ4n) is 1.90. The van der Waals surface area contributed by atoms with Crippen molar-refractivity contribution in [3.8, 4) is 5.75 Å². The van der Waals surface area contributed by atoms with Gasteiger partial charge in [0.2, 0.25) is 11.8 Å². The first-order valence-corrected chi connectivity index (χ1v) is 7.37. The van der Waals surface area contributed by atoms with Crippen LogP contribution in [0.5, 0.6) is 5.75 Å². The van der Waals surface area contributed by atoms with Crippen molar-refractivity contribution in [1.82, 2.24) is 10.6 Å². The highest BCUT2D eigenvalue weighted by Gasteiger charge is 2.27. The normalized spacial score (nSPS) is 14.2. The zero-order chi connectivity index (χ0) is 19.0. The Balaban J connectivity index is 2.75. The summed E-state index contributed by atoms with van der Waals surface area (Å²) in [5.41, 5.74) is 5.85. The quantitative estimate of drug-likeness (QED) is 0.250. The molecule has 10 nitrogen and oxygen atoms in total. The van der Waals surface area contributed by atoms with Crippen molar-refractivity contribution < 1.29 is 34.8 Å². The van der Waals surface area contributed by atoms with E-state index in [2.05, 4.69) is 10.6 Å². The summed E-state index contributed by atoms with van der Waals surface area (Å²) < 4.78 is 0. The monoisotopic (exact) mass is 355 g/mol. The van der Waals surface area contributed by atoms with E-state index in [0.717, 1.165) is 0 Å². The lowest BCUT2D eigenvalue weighted by molar-refractivity contribution is -0.142. The molecule has 0 aliphatic rings. The number of amides is 2. The molecule has 0 aromatic heterocycles. The van der Waals surface area contributed by atoms with Crippen molar-refractivity contribution in [2.24, 2.45) is 5.73 Å². The van der Waals surface area contributed by atoms with Gasteiger partial charge in [-0.3, -0.25) is 9.59 Å². The van der Waals surface area contributed by atoms with Crippen LogP contribution in [0.3, 0.4) is 0 Å². The van der Waals surface area contributed by atoms with Crippen LogP contribution in [0.4, 0.5) is 0 Å². The Hall–Kier alpha value is -2.69. The van der Waals surface area contributed by atoms with Crippen LogP contribution in [0, 0.1) is 0 Å². The molecule has 0 saturated carbocycles. The van der Waals surface area contributed by atoms with Gasteiger partial charge >= 0.3 is 5.97 Å².